The van der Waals surface area contributed by atoms with E-state index in [2.05, 4.69) is 12.2 Å². The summed E-state index contributed by atoms with van der Waals surface area (Å²) in [6, 6.07) is 0. The highest BCUT2D eigenvalue weighted by molar-refractivity contribution is 5.85. The van der Waals surface area contributed by atoms with Gasteiger partial charge in [0.1, 0.15) is 0 Å². The standard InChI is InChI=1S/C12H24N2O2/c1-9-6-7-14(8-10(9)16-5)11(15)12(2,3)13-4/h9-10,13H,6-8H2,1-5H3. The van der Waals surface area contributed by atoms with E-state index < -0.39 is 5.54 Å². The van der Waals surface area contributed by atoms with Gasteiger partial charge in [-0.2, -0.15) is 0 Å². The SMILES string of the molecule is CNC(C)(C)C(=O)N1CCC(C)C(OC)C1. The lowest BCUT2D eigenvalue weighted by Gasteiger charge is -2.39. The van der Waals surface area contributed by atoms with E-state index in [0.29, 0.717) is 12.5 Å². The molecular formula is C12H24N2O2. The lowest BCUT2D eigenvalue weighted by molar-refractivity contribution is -0.142. The van der Waals surface area contributed by atoms with E-state index >= 15 is 0 Å². The van der Waals surface area contributed by atoms with Gasteiger partial charge in [0.2, 0.25) is 5.91 Å². The lowest BCUT2D eigenvalue weighted by Crippen LogP contribution is -2.57. The van der Waals surface area contributed by atoms with Crippen molar-refractivity contribution in [1.29, 1.82) is 0 Å². The number of ether oxygens (including phenoxy) is 1. The molecule has 2 atom stereocenters. The second-order valence-electron chi connectivity index (χ2n) is 5.17. The number of likely N-dealkylation sites (tertiary alicyclic amines) is 1. The summed E-state index contributed by atoms with van der Waals surface area (Å²) in [6.45, 7) is 7.55. The van der Waals surface area contributed by atoms with Crippen molar-refractivity contribution in [3.63, 3.8) is 0 Å². The third-order valence-electron chi connectivity index (χ3n) is 3.64. The van der Waals surface area contributed by atoms with Crippen LogP contribution in [0.4, 0.5) is 0 Å². The number of nitrogens with one attached hydrogen (secondary N) is 1. The molecule has 0 aromatic carbocycles. The monoisotopic (exact) mass is 228 g/mol. The fraction of sp³-hybridized carbons (Fsp3) is 0.917. The maximum Gasteiger partial charge on any atom is 0.242 e. The van der Waals surface area contributed by atoms with Crippen LogP contribution in [0.2, 0.25) is 0 Å². The van der Waals surface area contributed by atoms with Gasteiger partial charge in [-0.25, -0.2) is 0 Å². The van der Waals surface area contributed by atoms with E-state index in [0.717, 1.165) is 13.0 Å². The fourth-order valence-electron chi connectivity index (χ4n) is 2.03. The molecule has 0 radical (unpaired) electrons. The highest BCUT2D eigenvalue weighted by Gasteiger charge is 2.35. The molecule has 0 spiro atoms. The zero-order valence-electron chi connectivity index (χ0n) is 11.0. The minimum Gasteiger partial charge on any atom is -0.379 e. The van der Waals surface area contributed by atoms with Crippen molar-refractivity contribution in [3.8, 4) is 0 Å². The Morgan fingerprint density at radius 1 is 1.50 bits per heavy atom. The quantitative estimate of drug-likeness (QED) is 0.779. The van der Waals surface area contributed by atoms with Gasteiger partial charge >= 0.3 is 0 Å². The molecule has 1 amide bonds. The van der Waals surface area contributed by atoms with Crippen LogP contribution in [0.5, 0.6) is 0 Å². The van der Waals surface area contributed by atoms with Crippen LogP contribution in [0, 0.1) is 5.92 Å². The molecule has 16 heavy (non-hydrogen) atoms. The molecule has 0 aliphatic carbocycles. The molecule has 1 fully saturated rings. The Hall–Kier alpha value is -0.610. The van der Waals surface area contributed by atoms with Crippen molar-refractivity contribution >= 4 is 5.91 Å². The smallest absolute Gasteiger partial charge is 0.242 e. The van der Waals surface area contributed by atoms with E-state index in [1.165, 1.54) is 0 Å². The second kappa shape index (κ2) is 5.15. The first kappa shape index (κ1) is 13.5. The normalized spacial score (nSPS) is 26.9. The van der Waals surface area contributed by atoms with Crippen LogP contribution in [0.25, 0.3) is 0 Å². The Morgan fingerprint density at radius 2 is 2.12 bits per heavy atom. The summed E-state index contributed by atoms with van der Waals surface area (Å²) in [4.78, 5) is 14.1. The van der Waals surface area contributed by atoms with E-state index in [1.807, 2.05) is 25.8 Å². The number of hydrogen-bond donors (Lipinski definition) is 1. The molecule has 4 nitrogen and oxygen atoms in total. The summed E-state index contributed by atoms with van der Waals surface area (Å²) >= 11 is 0. The van der Waals surface area contributed by atoms with Gasteiger partial charge in [0.05, 0.1) is 11.6 Å². The number of amides is 1. The van der Waals surface area contributed by atoms with Crippen LogP contribution < -0.4 is 5.32 Å². The van der Waals surface area contributed by atoms with E-state index in [1.54, 1.807) is 7.11 Å². The number of methoxy groups -OCH3 is 1. The molecule has 2 unspecified atom stereocenters. The average molecular weight is 228 g/mol. The zero-order valence-corrected chi connectivity index (χ0v) is 11.0. The van der Waals surface area contributed by atoms with Crippen LogP contribution in [-0.2, 0) is 9.53 Å². The summed E-state index contributed by atoms with van der Waals surface area (Å²) < 4.78 is 5.42. The molecule has 1 aliphatic heterocycles. The summed E-state index contributed by atoms with van der Waals surface area (Å²) in [5.41, 5.74) is -0.487. The number of carbonyl (C=O) groups excluding carboxylic acids is 1. The molecule has 94 valence electrons. The summed E-state index contributed by atoms with van der Waals surface area (Å²) in [6.07, 6.45) is 1.19. The molecule has 0 bridgehead atoms. The maximum absolute atomic E-state index is 12.2. The van der Waals surface area contributed by atoms with Crippen LogP contribution >= 0.6 is 0 Å². The molecule has 1 rings (SSSR count). The molecule has 1 heterocycles. The van der Waals surface area contributed by atoms with Gasteiger partial charge in [-0.15, -0.1) is 0 Å². The Balaban J connectivity index is 2.65. The van der Waals surface area contributed by atoms with Crippen molar-refractivity contribution in [2.45, 2.75) is 38.8 Å². The first-order valence-electron chi connectivity index (χ1n) is 5.93. The largest absolute Gasteiger partial charge is 0.379 e. The van der Waals surface area contributed by atoms with Gasteiger partial charge in [0.15, 0.2) is 0 Å². The van der Waals surface area contributed by atoms with Gasteiger partial charge in [0.25, 0.3) is 0 Å². The van der Waals surface area contributed by atoms with E-state index in [4.69, 9.17) is 4.74 Å². The number of nitrogens with zero attached hydrogens (tertiary/aromatic N) is 1. The molecule has 1 aliphatic rings. The van der Waals surface area contributed by atoms with Crippen LogP contribution in [-0.4, -0.2) is 49.7 Å². The summed E-state index contributed by atoms with van der Waals surface area (Å²) in [5.74, 6) is 0.690. The molecular weight excluding hydrogens is 204 g/mol. The molecule has 1 saturated heterocycles. The molecule has 4 heteroatoms. The van der Waals surface area contributed by atoms with Gasteiger partial charge < -0.3 is 15.0 Å². The number of carbonyl (C=O) groups is 1. The van der Waals surface area contributed by atoms with Crippen LogP contribution in [0.1, 0.15) is 27.2 Å². The second-order valence-corrected chi connectivity index (χ2v) is 5.17. The number of likely N-dealkylation sites (N-methyl/N-ethyl adjacent to an activating group) is 1. The fourth-order valence-corrected chi connectivity index (χ4v) is 2.03. The summed E-state index contributed by atoms with van der Waals surface area (Å²) in [7, 11) is 3.54. The minimum absolute atomic E-state index is 0.156. The molecule has 0 saturated carbocycles. The third kappa shape index (κ3) is 2.74. The highest BCUT2D eigenvalue weighted by atomic mass is 16.5. The van der Waals surface area contributed by atoms with Crippen LogP contribution in [0.3, 0.4) is 0 Å². The van der Waals surface area contributed by atoms with Crippen molar-refractivity contribution in [2.24, 2.45) is 5.92 Å². The number of rotatable bonds is 3. The van der Waals surface area contributed by atoms with Crippen LogP contribution in [0.15, 0.2) is 0 Å². The van der Waals surface area contributed by atoms with E-state index in [-0.39, 0.29) is 12.0 Å². The average Bonchev–Trinajstić information content (AvgIpc) is 2.28. The third-order valence-corrected chi connectivity index (χ3v) is 3.64. The molecule has 0 aromatic heterocycles. The molecule has 1 N–H and O–H groups in total. The van der Waals surface area contributed by atoms with Gasteiger partial charge in [-0.05, 0) is 33.2 Å². The van der Waals surface area contributed by atoms with E-state index in [9.17, 15) is 4.79 Å². The highest BCUT2D eigenvalue weighted by Crippen LogP contribution is 2.21. The Bertz CT molecular complexity index is 253. The molecule has 0 aromatic rings. The predicted molar refractivity (Wildman–Crippen MR) is 64.3 cm³/mol. The zero-order chi connectivity index (χ0) is 12.3. The Morgan fingerprint density at radius 3 is 2.62 bits per heavy atom. The topological polar surface area (TPSA) is 41.6 Å². The maximum atomic E-state index is 12.2. The van der Waals surface area contributed by atoms with Crippen molar-refractivity contribution < 1.29 is 9.53 Å². The Kier molecular flexibility index (Phi) is 4.33. The minimum atomic E-state index is -0.487. The predicted octanol–water partition coefficient (Wildman–Crippen LogP) is 0.868. The first-order valence-corrected chi connectivity index (χ1v) is 5.93. The first-order chi connectivity index (χ1) is 7.42. The van der Waals surface area contributed by atoms with Crippen molar-refractivity contribution in [3.05, 3.63) is 0 Å². The van der Waals surface area contributed by atoms with Gasteiger partial charge in [0, 0.05) is 20.2 Å². The summed E-state index contributed by atoms with van der Waals surface area (Å²) in [5, 5.41) is 3.05. The number of piperidine rings is 1. The van der Waals surface area contributed by atoms with Gasteiger partial charge in [-0.1, -0.05) is 6.92 Å². The van der Waals surface area contributed by atoms with Crippen molar-refractivity contribution in [2.75, 3.05) is 27.2 Å². The van der Waals surface area contributed by atoms with Crippen molar-refractivity contribution in [1.82, 2.24) is 10.2 Å². The van der Waals surface area contributed by atoms with Gasteiger partial charge in [-0.3, -0.25) is 4.79 Å². The lowest BCUT2D eigenvalue weighted by atomic mass is 9.93. The number of hydrogen-bond acceptors (Lipinski definition) is 3. The Labute approximate surface area is 98.3 Å².